The Hall–Kier alpha value is -1.66. The van der Waals surface area contributed by atoms with Crippen LogP contribution >= 0.6 is 11.3 Å². The number of sulfone groups is 1. The zero-order chi connectivity index (χ0) is 17.9. The molecule has 2 heterocycles. The predicted octanol–water partition coefficient (Wildman–Crippen LogP) is 3.45. The minimum Gasteiger partial charge on any atom is -0.343 e. The van der Waals surface area contributed by atoms with Crippen LogP contribution in [0.25, 0.3) is 0 Å². The maximum absolute atomic E-state index is 12.7. The van der Waals surface area contributed by atoms with E-state index >= 15 is 0 Å². The summed E-state index contributed by atoms with van der Waals surface area (Å²) in [4.78, 5) is 15.9. The summed E-state index contributed by atoms with van der Waals surface area (Å²) in [6, 6.07) is 10.7. The van der Waals surface area contributed by atoms with Gasteiger partial charge in [0, 0.05) is 24.4 Å². The van der Waals surface area contributed by atoms with Crippen LogP contribution in [0.2, 0.25) is 0 Å². The van der Waals surface area contributed by atoms with E-state index in [1.807, 2.05) is 11.0 Å². The van der Waals surface area contributed by atoms with Crippen LogP contribution in [0, 0.1) is 6.92 Å². The first-order valence-electron chi connectivity index (χ1n) is 8.58. The number of hydrogen-bond donors (Lipinski definition) is 0. The van der Waals surface area contributed by atoms with Gasteiger partial charge in [-0.25, -0.2) is 8.42 Å². The van der Waals surface area contributed by atoms with Crippen molar-refractivity contribution in [3.8, 4) is 0 Å². The molecule has 2 aromatic rings. The number of hydrogen-bond acceptors (Lipinski definition) is 4. The molecule has 0 bridgehead atoms. The molecule has 134 valence electrons. The molecule has 0 aliphatic carbocycles. The van der Waals surface area contributed by atoms with Crippen LogP contribution in [0.5, 0.6) is 0 Å². The van der Waals surface area contributed by atoms with E-state index in [0.717, 1.165) is 6.42 Å². The standard InChI is InChI=1S/C19H23NO3S2/c1-15-11-14-24-18(15)7-8-19(21)20-12-9-17(10-13-20)25(22,23)16-5-3-2-4-6-16/h2-6,11,14,17H,7-10,12-13H2,1H3. The Morgan fingerprint density at radius 2 is 1.84 bits per heavy atom. The molecule has 0 radical (unpaired) electrons. The number of thiophene rings is 1. The predicted molar refractivity (Wildman–Crippen MR) is 101 cm³/mol. The van der Waals surface area contributed by atoms with Crippen molar-refractivity contribution < 1.29 is 13.2 Å². The van der Waals surface area contributed by atoms with Crippen LogP contribution in [0.4, 0.5) is 0 Å². The quantitative estimate of drug-likeness (QED) is 0.802. The molecule has 3 rings (SSSR count). The maximum Gasteiger partial charge on any atom is 0.222 e. The molecule has 1 aromatic heterocycles. The Kier molecular flexibility index (Phi) is 5.59. The van der Waals surface area contributed by atoms with Gasteiger partial charge in [-0.2, -0.15) is 0 Å². The van der Waals surface area contributed by atoms with Crippen molar-refractivity contribution in [2.45, 2.75) is 42.8 Å². The van der Waals surface area contributed by atoms with Crippen LogP contribution in [0.3, 0.4) is 0 Å². The third-order valence-electron chi connectivity index (χ3n) is 4.84. The highest BCUT2D eigenvalue weighted by molar-refractivity contribution is 7.92. The molecule has 1 saturated heterocycles. The average Bonchev–Trinajstić information content (AvgIpc) is 3.05. The fraction of sp³-hybridized carbons (Fsp3) is 0.421. The fourth-order valence-corrected chi connectivity index (χ4v) is 5.92. The van der Waals surface area contributed by atoms with E-state index in [1.165, 1.54) is 10.4 Å². The van der Waals surface area contributed by atoms with Gasteiger partial charge in [0.1, 0.15) is 0 Å². The highest BCUT2D eigenvalue weighted by Gasteiger charge is 2.32. The maximum atomic E-state index is 12.7. The summed E-state index contributed by atoms with van der Waals surface area (Å²) >= 11 is 1.69. The Balaban J connectivity index is 1.55. The monoisotopic (exact) mass is 377 g/mol. The van der Waals surface area contributed by atoms with Crippen LogP contribution in [0.1, 0.15) is 29.7 Å². The van der Waals surface area contributed by atoms with E-state index in [2.05, 4.69) is 18.4 Å². The molecule has 0 atom stereocenters. The summed E-state index contributed by atoms with van der Waals surface area (Å²) in [7, 11) is -3.30. The van der Waals surface area contributed by atoms with Crippen molar-refractivity contribution >= 4 is 27.1 Å². The Bertz CT molecular complexity index is 819. The van der Waals surface area contributed by atoms with Gasteiger partial charge in [-0.3, -0.25) is 4.79 Å². The van der Waals surface area contributed by atoms with E-state index in [1.54, 1.807) is 35.6 Å². The SMILES string of the molecule is Cc1ccsc1CCC(=O)N1CCC(S(=O)(=O)c2ccccc2)CC1. The number of carbonyl (C=O) groups excluding carboxylic acids is 1. The largest absolute Gasteiger partial charge is 0.343 e. The first kappa shape index (κ1) is 18.1. The molecule has 1 aromatic carbocycles. The van der Waals surface area contributed by atoms with Crippen molar-refractivity contribution in [2.24, 2.45) is 0 Å². The van der Waals surface area contributed by atoms with Crippen molar-refractivity contribution in [3.05, 3.63) is 52.2 Å². The van der Waals surface area contributed by atoms with E-state index in [9.17, 15) is 13.2 Å². The first-order chi connectivity index (χ1) is 12.0. The number of benzene rings is 1. The van der Waals surface area contributed by atoms with E-state index in [-0.39, 0.29) is 5.91 Å². The third-order valence-corrected chi connectivity index (χ3v) is 8.20. The molecular weight excluding hydrogens is 354 g/mol. The Morgan fingerprint density at radius 3 is 2.44 bits per heavy atom. The number of amides is 1. The number of piperidine rings is 1. The fourth-order valence-electron chi connectivity index (χ4n) is 3.26. The third kappa shape index (κ3) is 4.12. The summed E-state index contributed by atoms with van der Waals surface area (Å²) < 4.78 is 25.4. The smallest absolute Gasteiger partial charge is 0.222 e. The lowest BCUT2D eigenvalue weighted by molar-refractivity contribution is -0.131. The summed E-state index contributed by atoms with van der Waals surface area (Å²) in [5.41, 5.74) is 1.24. The topological polar surface area (TPSA) is 54.5 Å². The van der Waals surface area contributed by atoms with Crippen LogP contribution < -0.4 is 0 Å². The van der Waals surface area contributed by atoms with Gasteiger partial charge >= 0.3 is 0 Å². The van der Waals surface area contributed by atoms with E-state index in [4.69, 9.17) is 0 Å². The van der Waals surface area contributed by atoms with E-state index < -0.39 is 15.1 Å². The number of nitrogens with zero attached hydrogens (tertiary/aromatic N) is 1. The first-order valence-corrected chi connectivity index (χ1v) is 11.0. The minimum absolute atomic E-state index is 0.128. The number of likely N-dealkylation sites (tertiary alicyclic amines) is 1. The van der Waals surface area contributed by atoms with Crippen LogP contribution in [0.15, 0.2) is 46.7 Å². The number of aryl methyl sites for hydroxylation is 2. The molecule has 1 aliphatic rings. The van der Waals surface area contributed by atoms with Gasteiger partial charge < -0.3 is 4.90 Å². The van der Waals surface area contributed by atoms with E-state index in [0.29, 0.717) is 37.2 Å². The normalized spacial score (nSPS) is 16.1. The van der Waals surface area contributed by atoms with Gasteiger partial charge in [-0.05, 0) is 55.3 Å². The lowest BCUT2D eigenvalue weighted by atomic mass is 10.1. The molecule has 25 heavy (non-hydrogen) atoms. The lowest BCUT2D eigenvalue weighted by Gasteiger charge is -2.31. The van der Waals surface area contributed by atoms with Crippen LogP contribution in [-0.4, -0.2) is 37.6 Å². The van der Waals surface area contributed by atoms with Crippen molar-refractivity contribution in [1.82, 2.24) is 4.90 Å². The molecular formula is C19H23NO3S2. The second-order valence-corrected chi connectivity index (χ2v) is 9.69. The summed E-state index contributed by atoms with van der Waals surface area (Å²) in [5, 5.41) is 1.66. The number of carbonyl (C=O) groups is 1. The summed E-state index contributed by atoms with van der Waals surface area (Å²) in [5.74, 6) is 0.128. The van der Waals surface area contributed by atoms with Gasteiger partial charge in [0.15, 0.2) is 9.84 Å². The van der Waals surface area contributed by atoms with Gasteiger partial charge in [0.2, 0.25) is 5.91 Å². The molecule has 0 N–H and O–H groups in total. The molecule has 1 fully saturated rings. The Morgan fingerprint density at radius 1 is 1.16 bits per heavy atom. The molecule has 0 spiro atoms. The molecule has 0 unspecified atom stereocenters. The molecule has 1 aliphatic heterocycles. The highest BCUT2D eigenvalue weighted by atomic mass is 32.2. The van der Waals surface area contributed by atoms with Gasteiger partial charge in [-0.15, -0.1) is 11.3 Å². The highest BCUT2D eigenvalue weighted by Crippen LogP contribution is 2.25. The minimum atomic E-state index is -3.30. The molecule has 6 heteroatoms. The van der Waals surface area contributed by atoms with Gasteiger partial charge in [-0.1, -0.05) is 18.2 Å². The van der Waals surface area contributed by atoms with Crippen molar-refractivity contribution in [2.75, 3.05) is 13.1 Å². The van der Waals surface area contributed by atoms with Crippen molar-refractivity contribution in [3.63, 3.8) is 0 Å². The molecule has 0 saturated carbocycles. The van der Waals surface area contributed by atoms with Crippen molar-refractivity contribution in [1.29, 1.82) is 0 Å². The Labute approximate surface area is 153 Å². The second-order valence-electron chi connectivity index (χ2n) is 6.46. The molecule has 4 nitrogen and oxygen atoms in total. The summed E-state index contributed by atoms with van der Waals surface area (Å²) in [6.45, 7) is 3.12. The second kappa shape index (κ2) is 7.70. The van der Waals surface area contributed by atoms with Crippen LogP contribution in [-0.2, 0) is 21.1 Å². The number of rotatable bonds is 5. The zero-order valence-corrected chi connectivity index (χ0v) is 16.0. The lowest BCUT2D eigenvalue weighted by Crippen LogP contribution is -2.42. The molecule has 1 amide bonds. The van der Waals surface area contributed by atoms with Gasteiger partial charge in [0.25, 0.3) is 0 Å². The summed E-state index contributed by atoms with van der Waals surface area (Å²) in [6.07, 6.45) is 2.30. The zero-order valence-electron chi connectivity index (χ0n) is 14.3. The average molecular weight is 378 g/mol. The van der Waals surface area contributed by atoms with Gasteiger partial charge in [0.05, 0.1) is 10.1 Å².